The van der Waals surface area contributed by atoms with E-state index in [1.807, 2.05) is 0 Å². The van der Waals surface area contributed by atoms with Crippen LogP contribution in [0, 0.1) is 12.3 Å². The summed E-state index contributed by atoms with van der Waals surface area (Å²) in [6.07, 6.45) is 3.00. The average molecular weight is 480 g/mol. The molecule has 3 N–H and O–H groups in total. The number of nitrogens with one attached hydrogen (secondary N) is 3. The summed E-state index contributed by atoms with van der Waals surface area (Å²) in [5.74, 6) is 0.109. The zero-order valence-corrected chi connectivity index (χ0v) is 19.6. The van der Waals surface area contributed by atoms with E-state index < -0.39 is 10.0 Å². The van der Waals surface area contributed by atoms with Crippen molar-refractivity contribution in [3.8, 4) is 0 Å². The van der Waals surface area contributed by atoms with E-state index >= 15 is 0 Å². The van der Waals surface area contributed by atoms with Crippen molar-refractivity contribution in [3.05, 3.63) is 81.5 Å². The Bertz CT molecular complexity index is 1530. The van der Waals surface area contributed by atoms with Crippen LogP contribution in [0.4, 0.5) is 0 Å². The van der Waals surface area contributed by atoms with Crippen LogP contribution < -0.4 is 15.5 Å². The van der Waals surface area contributed by atoms with Crippen molar-refractivity contribution in [2.24, 2.45) is 0 Å². The topological polar surface area (TPSA) is 138 Å². The van der Waals surface area contributed by atoms with E-state index in [1.165, 1.54) is 6.21 Å². The van der Waals surface area contributed by atoms with Gasteiger partial charge in [0.05, 0.1) is 23.5 Å². The predicted molar refractivity (Wildman–Crippen MR) is 132 cm³/mol. The molecule has 0 aliphatic heterocycles. The molecule has 4 aromatic rings. The SMILES string of the molecule is CNCC(C=N)c1cnc2ccc3ccc(CS(=O)(=O)NCc4cc(C)on4)cc3c(=O)c2c1. The average Bonchev–Trinajstić information content (AvgIpc) is 3.19. The third kappa shape index (κ3) is 5.19. The highest BCUT2D eigenvalue weighted by molar-refractivity contribution is 7.88. The minimum absolute atomic E-state index is 0.0227. The van der Waals surface area contributed by atoms with Gasteiger partial charge in [-0.25, -0.2) is 13.1 Å². The Labute approximate surface area is 196 Å². The number of fused-ring (bicyclic) bond motifs is 2. The van der Waals surface area contributed by atoms with Gasteiger partial charge in [-0.2, -0.15) is 0 Å². The Morgan fingerprint density at radius 2 is 1.94 bits per heavy atom. The Morgan fingerprint density at radius 1 is 1.15 bits per heavy atom. The van der Waals surface area contributed by atoms with Crippen molar-refractivity contribution in [1.29, 1.82) is 5.41 Å². The second-order valence-electron chi connectivity index (χ2n) is 8.13. The molecular weight excluding hydrogens is 454 g/mol. The maximum absolute atomic E-state index is 13.4. The lowest BCUT2D eigenvalue weighted by molar-refractivity contribution is 0.390. The van der Waals surface area contributed by atoms with E-state index in [1.54, 1.807) is 62.6 Å². The third-order valence-electron chi connectivity index (χ3n) is 5.53. The normalized spacial score (nSPS) is 12.8. The summed E-state index contributed by atoms with van der Waals surface area (Å²) in [5, 5.41) is 16.0. The van der Waals surface area contributed by atoms with E-state index in [-0.39, 0.29) is 23.6 Å². The summed E-state index contributed by atoms with van der Waals surface area (Å²) in [6.45, 7) is 2.30. The molecule has 0 saturated carbocycles. The number of sulfonamides is 1. The van der Waals surface area contributed by atoms with Crippen LogP contribution in [0.1, 0.15) is 28.5 Å². The molecule has 2 aromatic carbocycles. The van der Waals surface area contributed by atoms with Crippen molar-refractivity contribution in [2.75, 3.05) is 13.6 Å². The van der Waals surface area contributed by atoms with Crippen molar-refractivity contribution in [2.45, 2.75) is 25.1 Å². The monoisotopic (exact) mass is 479 g/mol. The smallest absolute Gasteiger partial charge is 0.216 e. The molecule has 2 aromatic heterocycles. The number of aromatic nitrogens is 2. The Balaban J connectivity index is 1.70. The summed E-state index contributed by atoms with van der Waals surface area (Å²) >= 11 is 0. The van der Waals surface area contributed by atoms with Crippen LogP contribution in [-0.2, 0) is 22.3 Å². The lowest BCUT2D eigenvalue weighted by Gasteiger charge is -2.11. The van der Waals surface area contributed by atoms with Gasteiger partial charge in [-0.05, 0) is 48.7 Å². The van der Waals surface area contributed by atoms with Gasteiger partial charge in [0.15, 0.2) is 5.43 Å². The van der Waals surface area contributed by atoms with Gasteiger partial charge in [0, 0.05) is 41.7 Å². The highest BCUT2D eigenvalue weighted by Crippen LogP contribution is 2.20. The first kappa shape index (κ1) is 23.7. The molecule has 0 spiro atoms. The van der Waals surface area contributed by atoms with Crippen LogP contribution in [0.3, 0.4) is 0 Å². The van der Waals surface area contributed by atoms with Gasteiger partial charge in [-0.1, -0.05) is 23.4 Å². The van der Waals surface area contributed by atoms with Gasteiger partial charge in [-0.15, -0.1) is 0 Å². The van der Waals surface area contributed by atoms with Gasteiger partial charge in [-0.3, -0.25) is 9.78 Å². The second-order valence-corrected chi connectivity index (χ2v) is 9.93. The van der Waals surface area contributed by atoms with Crippen LogP contribution in [0.5, 0.6) is 0 Å². The molecule has 0 bridgehead atoms. The van der Waals surface area contributed by atoms with E-state index in [2.05, 4.69) is 20.2 Å². The van der Waals surface area contributed by atoms with Crippen LogP contribution in [0.25, 0.3) is 21.7 Å². The molecule has 0 fully saturated rings. The maximum atomic E-state index is 13.4. The molecule has 1 atom stereocenters. The Morgan fingerprint density at radius 3 is 2.65 bits per heavy atom. The standard InChI is InChI=1S/C24H25N5O4S/c1-15-7-20(29-33-15)13-28-34(31,32)14-16-3-4-17-5-6-23-22(24(30)21(17)8-16)9-18(12-27-23)19(10-25)11-26-2/h3-10,12,19,25-26,28H,11,13-14H2,1-2H3. The summed E-state index contributed by atoms with van der Waals surface area (Å²) in [4.78, 5) is 17.9. The molecule has 0 amide bonds. The zero-order chi connectivity index (χ0) is 24.3. The molecule has 176 valence electrons. The number of rotatable bonds is 9. The first-order chi connectivity index (χ1) is 16.3. The fraction of sp³-hybridized carbons (Fsp3) is 0.250. The first-order valence-electron chi connectivity index (χ1n) is 10.7. The van der Waals surface area contributed by atoms with E-state index in [9.17, 15) is 13.2 Å². The van der Waals surface area contributed by atoms with Gasteiger partial charge in [0.1, 0.15) is 5.76 Å². The van der Waals surface area contributed by atoms with Crippen LogP contribution >= 0.6 is 0 Å². The third-order valence-corrected chi connectivity index (χ3v) is 6.82. The first-order valence-corrected chi connectivity index (χ1v) is 12.3. The van der Waals surface area contributed by atoms with Gasteiger partial charge in [0.2, 0.25) is 10.0 Å². The fourth-order valence-corrected chi connectivity index (χ4v) is 4.89. The molecule has 0 radical (unpaired) electrons. The van der Waals surface area contributed by atoms with Gasteiger partial charge < -0.3 is 15.2 Å². The summed E-state index contributed by atoms with van der Waals surface area (Å²) in [5.41, 5.74) is 2.05. The highest BCUT2D eigenvalue weighted by Gasteiger charge is 2.15. The van der Waals surface area contributed by atoms with Crippen LogP contribution in [0.15, 0.2) is 58.0 Å². The van der Waals surface area contributed by atoms with Gasteiger partial charge >= 0.3 is 0 Å². The van der Waals surface area contributed by atoms with Crippen molar-refractivity contribution in [3.63, 3.8) is 0 Å². The number of hydrogen-bond donors (Lipinski definition) is 3. The molecule has 4 rings (SSSR count). The minimum Gasteiger partial charge on any atom is -0.361 e. The van der Waals surface area contributed by atoms with E-state index in [0.717, 1.165) is 5.56 Å². The molecule has 10 heteroatoms. The number of benzene rings is 1. The molecule has 34 heavy (non-hydrogen) atoms. The Kier molecular flexibility index (Phi) is 6.82. The number of hydrogen-bond acceptors (Lipinski definition) is 8. The molecule has 0 aliphatic rings. The maximum Gasteiger partial charge on any atom is 0.216 e. The number of aryl methyl sites for hydroxylation is 1. The molecule has 0 saturated heterocycles. The van der Waals surface area contributed by atoms with Crippen molar-refractivity contribution >= 4 is 37.9 Å². The minimum atomic E-state index is -3.67. The molecule has 0 aliphatic carbocycles. The van der Waals surface area contributed by atoms with E-state index in [4.69, 9.17) is 9.93 Å². The van der Waals surface area contributed by atoms with Gasteiger partial charge in [0.25, 0.3) is 0 Å². The van der Waals surface area contributed by atoms with Crippen LogP contribution in [-0.4, -0.2) is 38.4 Å². The van der Waals surface area contributed by atoms with E-state index in [0.29, 0.717) is 45.2 Å². The second kappa shape index (κ2) is 9.80. The number of likely N-dealkylation sites (N-methyl/N-ethyl adjacent to an activating group) is 1. The lowest BCUT2D eigenvalue weighted by atomic mass is 10.0. The summed E-state index contributed by atoms with van der Waals surface area (Å²) in [6, 6.07) is 12.1. The highest BCUT2D eigenvalue weighted by atomic mass is 32.2. The fourth-order valence-electron chi connectivity index (χ4n) is 3.81. The summed E-state index contributed by atoms with van der Waals surface area (Å²) < 4.78 is 32.7. The number of nitrogens with zero attached hydrogens (tertiary/aromatic N) is 2. The predicted octanol–water partition coefficient (Wildman–Crippen LogP) is 2.62. The molecular formula is C24H25N5O4S. The molecule has 9 nitrogen and oxygen atoms in total. The van der Waals surface area contributed by atoms with Crippen molar-refractivity contribution < 1.29 is 12.9 Å². The molecule has 2 heterocycles. The molecule has 1 unspecified atom stereocenters. The largest absolute Gasteiger partial charge is 0.361 e. The summed E-state index contributed by atoms with van der Waals surface area (Å²) in [7, 11) is -1.87. The zero-order valence-electron chi connectivity index (χ0n) is 18.8. The van der Waals surface area contributed by atoms with Crippen LogP contribution in [0.2, 0.25) is 0 Å². The Hall–Kier alpha value is -3.47. The quantitative estimate of drug-likeness (QED) is 0.314. The van der Waals surface area contributed by atoms with Crippen molar-refractivity contribution in [1.82, 2.24) is 20.2 Å². The lowest BCUT2D eigenvalue weighted by Crippen LogP contribution is -2.24. The number of pyridine rings is 1.